The van der Waals surface area contributed by atoms with Gasteiger partial charge in [-0.25, -0.2) is 4.79 Å². The Morgan fingerprint density at radius 3 is 2.46 bits per heavy atom. The molecule has 8 heteroatoms. The molecule has 0 aliphatic rings. The molecule has 35 heavy (non-hydrogen) atoms. The lowest BCUT2D eigenvalue weighted by Crippen LogP contribution is -2.11. The first-order chi connectivity index (χ1) is 16.9. The summed E-state index contributed by atoms with van der Waals surface area (Å²) in [5.74, 6) is -0.635. The molecule has 0 atom stereocenters. The molecule has 7 nitrogen and oxygen atoms in total. The monoisotopic (exact) mass is 530 g/mol. The van der Waals surface area contributed by atoms with Crippen LogP contribution in [0, 0.1) is 0 Å². The van der Waals surface area contributed by atoms with Gasteiger partial charge in [0, 0.05) is 32.9 Å². The number of rotatable bonds is 7. The Morgan fingerprint density at radius 2 is 1.71 bits per heavy atom. The van der Waals surface area contributed by atoms with Gasteiger partial charge in [0.25, 0.3) is 5.91 Å². The minimum Gasteiger partial charge on any atom is -0.464 e. The van der Waals surface area contributed by atoms with Gasteiger partial charge in [-0.3, -0.25) is 9.59 Å². The van der Waals surface area contributed by atoms with Gasteiger partial charge >= 0.3 is 5.97 Å². The number of ether oxygens (including phenoxy) is 1. The molecule has 0 aliphatic heterocycles. The Bertz CT molecular complexity index is 1420. The van der Waals surface area contributed by atoms with Crippen molar-refractivity contribution in [2.75, 3.05) is 12.4 Å². The van der Waals surface area contributed by atoms with Crippen LogP contribution in [-0.2, 0) is 4.74 Å². The molecule has 0 fully saturated rings. The minimum absolute atomic E-state index is 0.0596. The van der Waals surface area contributed by atoms with E-state index in [2.05, 4.69) is 31.1 Å². The number of anilines is 1. The number of allylic oxidation sites excluding steroid dienone is 1. The molecule has 0 bridgehead atoms. The van der Waals surface area contributed by atoms with Crippen molar-refractivity contribution in [1.82, 2.24) is 5.16 Å². The van der Waals surface area contributed by atoms with Crippen LogP contribution in [0.25, 0.3) is 17.4 Å². The smallest absolute Gasteiger partial charge is 0.360 e. The number of nitrogens with zero attached hydrogens (tertiary/aromatic N) is 1. The normalized spacial score (nSPS) is 10.8. The second kappa shape index (κ2) is 10.8. The number of carbonyl (C=O) groups excluding carboxylic acids is 3. The summed E-state index contributed by atoms with van der Waals surface area (Å²) in [5.41, 5.74) is 3.08. The number of benzene rings is 3. The Balaban J connectivity index is 1.41. The Labute approximate surface area is 209 Å². The van der Waals surface area contributed by atoms with Gasteiger partial charge in [0.2, 0.25) is 0 Å². The molecule has 4 aromatic rings. The molecule has 0 saturated heterocycles. The van der Waals surface area contributed by atoms with E-state index in [0.717, 1.165) is 10.0 Å². The van der Waals surface area contributed by atoms with Crippen molar-refractivity contribution in [3.05, 3.63) is 112 Å². The van der Waals surface area contributed by atoms with Crippen molar-refractivity contribution in [3.63, 3.8) is 0 Å². The molecule has 1 amide bonds. The highest BCUT2D eigenvalue weighted by atomic mass is 79.9. The third kappa shape index (κ3) is 5.99. The largest absolute Gasteiger partial charge is 0.464 e. The zero-order valence-electron chi connectivity index (χ0n) is 18.5. The van der Waals surface area contributed by atoms with Gasteiger partial charge in [0.05, 0.1) is 7.11 Å². The molecule has 3 aromatic carbocycles. The summed E-state index contributed by atoms with van der Waals surface area (Å²) >= 11 is 3.36. The summed E-state index contributed by atoms with van der Waals surface area (Å²) in [6.07, 6.45) is 3.20. The van der Waals surface area contributed by atoms with E-state index >= 15 is 0 Å². The Kier molecular flexibility index (Phi) is 7.32. The summed E-state index contributed by atoms with van der Waals surface area (Å²) in [5, 5.41) is 6.53. The van der Waals surface area contributed by atoms with Crippen LogP contribution < -0.4 is 5.32 Å². The predicted molar refractivity (Wildman–Crippen MR) is 135 cm³/mol. The second-order valence-electron chi connectivity index (χ2n) is 7.43. The fourth-order valence-electron chi connectivity index (χ4n) is 3.22. The summed E-state index contributed by atoms with van der Waals surface area (Å²) in [6.45, 7) is 0. The molecule has 174 valence electrons. The lowest BCUT2D eigenvalue weighted by Gasteiger charge is -2.07. The quantitative estimate of drug-likeness (QED) is 0.177. The van der Waals surface area contributed by atoms with Crippen molar-refractivity contribution in [2.45, 2.75) is 0 Å². The van der Waals surface area contributed by atoms with Crippen molar-refractivity contribution < 1.29 is 23.6 Å². The van der Waals surface area contributed by atoms with Crippen LogP contribution in [0.4, 0.5) is 5.69 Å². The fourth-order valence-corrected chi connectivity index (χ4v) is 3.62. The van der Waals surface area contributed by atoms with E-state index in [9.17, 15) is 14.4 Å². The van der Waals surface area contributed by atoms with E-state index in [4.69, 9.17) is 4.52 Å². The second-order valence-corrected chi connectivity index (χ2v) is 8.35. The summed E-state index contributed by atoms with van der Waals surface area (Å²) in [7, 11) is 1.26. The van der Waals surface area contributed by atoms with Crippen molar-refractivity contribution >= 4 is 45.4 Å². The average Bonchev–Trinajstić information content (AvgIpc) is 3.38. The number of hydrogen-bond acceptors (Lipinski definition) is 6. The first kappa shape index (κ1) is 23.8. The van der Waals surface area contributed by atoms with Crippen LogP contribution >= 0.6 is 15.9 Å². The summed E-state index contributed by atoms with van der Waals surface area (Å²) < 4.78 is 10.7. The molecule has 1 N–H and O–H groups in total. The zero-order chi connectivity index (χ0) is 24.8. The molecule has 1 aromatic heterocycles. The van der Waals surface area contributed by atoms with E-state index in [0.29, 0.717) is 28.1 Å². The van der Waals surface area contributed by atoms with Crippen LogP contribution in [0.5, 0.6) is 0 Å². The van der Waals surface area contributed by atoms with Crippen LogP contribution in [0.2, 0.25) is 0 Å². The van der Waals surface area contributed by atoms with Crippen LogP contribution in [0.1, 0.15) is 36.8 Å². The van der Waals surface area contributed by atoms with E-state index in [1.165, 1.54) is 19.3 Å². The highest BCUT2D eigenvalue weighted by molar-refractivity contribution is 9.10. The van der Waals surface area contributed by atoms with Crippen molar-refractivity contribution in [2.24, 2.45) is 0 Å². The van der Waals surface area contributed by atoms with Gasteiger partial charge in [-0.15, -0.1) is 0 Å². The standard InChI is InChI=1S/C27H19BrN2O5/c1-34-27(33)23-16-25(35-30-23)20-5-3-7-22(15-20)29-26(32)18-11-8-17(9-12-18)10-13-24(31)19-4-2-6-21(28)14-19/h2-16H,1H3,(H,29,32)/b13-10+. The van der Waals surface area contributed by atoms with Crippen molar-refractivity contribution in [3.8, 4) is 11.3 Å². The molecule has 0 radical (unpaired) electrons. The molecule has 0 saturated carbocycles. The van der Waals surface area contributed by atoms with Gasteiger partial charge in [0.15, 0.2) is 17.2 Å². The topological polar surface area (TPSA) is 98.5 Å². The number of nitrogens with one attached hydrogen (secondary N) is 1. The SMILES string of the molecule is COC(=O)c1cc(-c2cccc(NC(=O)c3ccc(/C=C/C(=O)c4cccc(Br)c4)cc3)c2)on1. The maximum absolute atomic E-state index is 12.7. The number of carbonyl (C=O) groups is 3. The van der Waals surface area contributed by atoms with Crippen molar-refractivity contribution in [1.29, 1.82) is 0 Å². The zero-order valence-corrected chi connectivity index (χ0v) is 20.1. The van der Waals surface area contributed by atoms with Crippen LogP contribution in [0.3, 0.4) is 0 Å². The molecule has 0 unspecified atom stereocenters. The van der Waals surface area contributed by atoms with Gasteiger partial charge in [-0.2, -0.15) is 0 Å². The fraction of sp³-hybridized carbons (Fsp3) is 0.0370. The van der Waals surface area contributed by atoms with E-state index in [-0.39, 0.29) is 17.4 Å². The highest BCUT2D eigenvalue weighted by Crippen LogP contribution is 2.24. The first-order valence-corrected chi connectivity index (χ1v) is 11.3. The summed E-state index contributed by atoms with van der Waals surface area (Å²) in [6, 6.07) is 22.5. The Hall–Kier alpha value is -4.30. The number of aromatic nitrogens is 1. The number of esters is 1. The van der Waals surface area contributed by atoms with Crippen LogP contribution in [0.15, 0.2) is 93.9 Å². The summed E-state index contributed by atoms with van der Waals surface area (Å²) in [4.78, 5) is 36.6. The lowest BCUT2D eigenvalue weighted by atomic mass is 10.1. The third-order valence-electron chi connectivity index (χ3n) is 5.02. The average molecular weight is 531 g/mol. The van der Waals surface area contributed by atoms with Gasteiger partial charge in [-0.05, 0) is 48.0 Å². The molecule has 4 rings (SSSR count). The van der Waals surface area contributed by atoms with Gasteiger partial charge in [0.1, 0.15) is 0 Å². The Morgan fingerprint density at radius 1 is 0.943 bits per heavy atom. The van der Waals surface area contributed by atoms with Gasteiger partial charge in [-0.1, -0.05) is 63.6 Å². The molecule has 1 heterocycles. The third-order valence-corrected chi connectivity index (χ3v) is 5.51. The number of ketones is 1. The molecular formula is C27H19BrN2O5. The van der Waals surface area contributed by atoms with E-state index in [1.807, 2.05) is 6.07 Å². The molecule has 0 aliphatic carbocycles. The lowest BCUT2D eigenvalue weighted by molar-refractivity contribution is 0.0589. The van der Waals surface area contributed by atoms with E-state index < -0.39 is 5.97 Å². The molecular weight excluding hydrogens is 512 g/mol. The number of hydrogen-bond donors (Lipinski definition) is 1. The number of halogens is 1. The van der Waals surface area contributed by atoms with Gasteiger partial charge < -0.3 is 14.6 Å². The first-order valence-electron chi connectivity index (χ1n) is 10.5. The maximum atomic E-state index is 12.7. The molecule has 0 spiro atoms. The van der Waals surface area contributed by atoms with Crippen LogP contribution in [-0.4, -0.2) is 29.9 Å². The predicted octanol–water partition coefficient (Wildman–Crippen LogP) is 6.04. The number of methoxy groups -OCH3 is 1. The minimum atomic E-state index is -0.597. The van der Waals surface area contributed by atoms with E-state index in [1.54, 1.807) is 72.8 Å². The maximum Gasteiger partial charge on any atom is 0.360 e. The number of amides is 1. The highest BCUT2D eigenvalue weighted by Gasteiger charge is 2.14.